The van der Waals surface area contributed by atoms with Crippen LogP contribution in [0.4, 0.5) is 4.79 Å². The van der Waals surface area contributed by atoms with E-state index in [4.69, 9.17) is 9.84 Å². The van der Waals surface area contributed by atoms with E-state index in [-0.39, 0.29) is 18.7 Å². The molecule has 16 heavy (non-hydrogen) atoms. The van der Waals surface area contributed by atoms with E-state index in [9.17, 15) is 4.79 Å². The molecule has 1 saturated heterocycles. The average Bonchev–Trinajstić information content (AvgIpc) is 2.30. The SMILES string of the molecule is CCOC(=O)N1CCC(N[C@@H](C)CO)CC1. The predicted molar refractivity (Wildman–Crippen MR) is 61.3 cm³/mol. The van der Waals surface area contributed by atoms with Crippen molar-refractivity contribution in [3.63, 3.8) is 0 Å². The van der Waals surface area contributed by atoms with Crippen LogP contribution in [0.25, 0.3) is 0 Å². The van der Waals surface area contributed by atoms with Crippen molar-refractivity contribution in [1.29, 1.82) is 0 Å². The van der Waals surface area contributed by atoms with Gasteiger partial charge in [0, 0.05) is 25.2 Å². The molecule has 1 fully saturated rings. The van der Waals surface area contributed by atoms with Gasteiger partial charge in [-0.05, 0) is 26.7 Å². The molecule has 0 spiro atoms. The molecule has 0 unspecified atom stereocenters. The van der Waals surface area contributed by atoms with Gasteiger partial charge in [-0.25, -0.2) is 4.79 Å². The standard InChI is InChI=1S/C11H22N2O3/c1-3-16-11(15)13-6-4-10(5-7-13)12-9(2)8-14/h9-10,12,14H,3-8H2,1-2H3/t9-/m0/s1. The van der Waals surface area contributed by atoms with Gasteiger partial charge in [0.15, 0.2) is 0 Å². The molecule has 0 radical (unpaired) electrons. The van der Waals surface area contributed by atoms with Crippen LogP contribution in [0.5, 0.6) is 0 Å². The first-order chi connectivity index (χ1) is 7.67. The van der Waals surface area contributed by atoms with Gasteiger partial charge in [0.25, 0.3) is 0 Å². The quantitative estimate of drug-likeness (QED) is 0.741. The minimum atomic E-state index is -0.212. The van der Waals surface area contributed by atoms with E-state index in [0.29, 0.717) is 12.6 Å². The van der Waals surface area contributed by atoms with Crippen LogP contribution in [0.1, 0.15) is 26.7 Å². The normalized spacial score (nSPS) is 19.6. The highest BCUT2D eigenvalue weighted by Crippen LogP contribution is 2.11. The van der Waals surface area contributed by atoms with Crippen molar-refractivity contribution < 1.29 is 14.6 Å². The van der Waals surface area contributed by atoms with Crippen molar-refractivity contribution in [3.8, 4) is 0 Å². The van der Waals surface area contributed by atoms with Crippen molar-refractivity contribution in [2.75, 3.05) is 26.3 Å². The number of hydrogen-bond acceptors (Lipinski definition) is 4. The van der Waals surface area contributed by atoms with E-state index < -0.39 is 0 Å². The number of ether oxygens (including phenoxy) is 1. The average molecular weight is 230 g/mol. The van der Waals surface area contributed by atoms with Crippen molar-refractivity contribution in [1.82, 2.24) is 10.2 Å². The van der Waals surface area contributed by atoms with E-state index in [0.717, 1.165) is 25.9 Å². The van der Waals surface area contributed by atoms with Gasteiger partial charge in [-0.1, -0.05) is 0 Å². The van der Waals surface area contributed by atoms with Gasteiger partial charge in [0.2, 0.25) is 0 Å². The Labute approximate surface area is 96.8 Å². The summed E-state index contributed by atoms with van der Waals surface area (Å²) in [5, 5.41) is 12.3. The first-order valence-corrected chi connectivity index (χ1v) is 5.96. The third-order valence-electron chi connectivity index (χ3n) is 2.82. The number of nitrogens with zero attached hydrogens (tertiary/aromatic N) is 1. The maximum atomic E-state index is 11.4. The third-order valence-corrected chi connectivity index (χ3v) is 2.82. The molecule has 0 aromatic carbocycles. The third kappa shape index (κ3) is 3.98. The molecule has 94 valence electrons. The number of aliphatic hydroxyl groups is 1. The van der Waals surface area contributed by atoms with Crippen molar-refractivity contribution in [3.05, 3.63) is 0 Å². The van der Waals surface area contributed by atoms with Gasteiger partial charge in [0.1, 0.15) is 0 Å². The molecule has 1 heterocycles. The van der Waals surface area contributed by atoms with Crippen LogP contribution in [0.15, 0.2) is 0 Å². The topological polar surface area (TPSA) is 61.8 Å². The molecule has 1 rings (SSSR count). The van der Waals surface area contributed by atoms with Crippen LogP contribution in [-0.4, -0.2) is 54.5 Å². The fourth-order valence-corrected chi connectivity index (χ4v) is 1.90. The first kappa shape index (κ1) is 13.3. The Bertz CT molecular complexity index is 215. The van der Waals surface area contributed by atoms with Gasteiger partial charge < -0.3 is 20.1 Å². The minimum Gasteiger partial charge on any atom is -0.450 e. The number of carbonyl (C=O) groups excluding carboxylic acids is 1. The zero-order valence-corrected chi connectivity index (χ0v) is 10.1. The summed E-state index contributed by atoms with van der Waals surface area (Å²) in [5.74, 6) is 0. The highest BCUT2D eigenvalue weighted by molar-refractivity contribution is 5.67. The summed E-state index contributed by atoms with van der Waals surface area (Å²) in [6.07, 6.45) is 1.63. The molecule has 0 saturated carbocycles. The predicted octanol–water partition coefficient (Wildman–Crippen LogP) is 0.578. The molecule has 1 atom stereocenters. The van der Waals surface area contributed by atoms with Crippen LogP contribution in [0.3, 0.4) is 0 Å². The summed E-state index contributed by atoms with van der Waals surface area (Å²) in [5.41, 5.74) is 0. The number of carbonyl (C=O) groups is 1. The monoisotopic (exact) mass is 230 g/mol. The molecular weight excluding hydrogens is 208 g/mol. The Morgan fingerprint density at radius 2 is 2.19 bits per heavy atom. The Balaban J connectivity index is 2.25. The molecule has 1 aliphatic heterocycles. The molecule has 1 aliphatic rings. The van der Waals surface area contributed by atoms with E-state index in [1.54, 1.807) is 4.90 Å². The number of likely N-dealkylation sites (tertiary alicyclic amines) is 1. The van der Waals surface area contributed by atoms with Gasteiger partial charge in [-0.15, -0.1) is 0 Å². The van der Waals surface area contributed by atoms with Crippen LogP contribution in [0, 0.1) is 0 Å². The maximum Gasteiger partial charge on any atom is 0.409 e. The lowest BCUT2D eigenvalue weighted by atomic mass is 10.0. The lowest BCUT2D eigenvalue weighted by Gasteiger charge is -2.32. The van der Waals surface area contributed by atoms with Crippen LogP contribution >= 0.6 is 0 Å². The molecule has 5 nitrogen and oxygen atoms in total. The maximum absolute atomic E-state index is 11.4. The minimum absolute atomic E-state index is 0.124. The number of rotatable bonds is 4. The Morgan fingerprint density at radius 3 is 2.69 bits per heavy atom. The smallest absolute Gasteiger partial charge is 0.409 e. The van der Waals surface area contributed by atoms with Crippen LogP contribution < -0.4 is 5.32 Å². The van der Waals surface area contributed by atoms with E-state index in [1.807, 2.05) is 13.8 Å². The largest absolute Gasteiger partial charge is 0.450 e. The molecule has 0 bridgehead atoms. The van der Waals surface area contributed by atoms with Crippen LogP contribution in [0.2, 0.25) is 0 Å². The van der Waals surface area contributed by atoms with Gasteiger partial charge in [0.05, 0.1) is 13.2 Å². The lowest BCUT2D eigenvalue weighted by molar-refractivity contribution is 0.0932. The Kier molecular flexibility index (Phi) is 5.55. The van der Waals surface area contributed by atoms with Crippen molar-refractivity contribution in [2.45, 2.75) is 38.8 Å². The van der Waals surface area contributed by atoms with E-state index >= 15 is 0 Å². The Hall–Kier alpha value is -0.810. The number of aliphatic hydroxyl groups excluding tert-OH is 1. The van der Waals surface area contributed by atoms with Crippen LogP contribution in [-0.2, 0) is 4.74 Å². The van der Waals surface area contributed by atoms with Gasteiger partial charge >= 0.3 is 6.09 Å². The molecule has 2 N–H and O–H groups in total. The van der Waals surface area contributed by atoms with E-state index in [1.165, 1.54) is 0 Å². The fourth-order valence-electron chi connectivity index (χ4n) is 1.90. The number of hydrogen-bond donors (Lipinski definition) is 2. The summed E-state index contributed by atoms with van der Waals surface area (Å²) in [4.78, 5) is 13.2. The highest BCUT2D eigenvalue weighted by atomic mass is 16.6. The van der Waals surface area contributed by atoms with Crippen molar-refractivity contribution in [2.24, 2.45) is 0 Å². The van der Waals surface area contributed by atoms with Crippen molar-refractivity contribution >= 4 is 6.09 Å². The second kappa shape index (κ2) is 6.70. The number of amides is 1. The summed E-state index contributed by atoms with van der Waals surface area (Å²) in [6, 6.07) is 0.520. The summed E-state index contributed by atoms with van der Waals surface area (Å²) < 4.78 is 4.95. The summed E-state index contributed by atoms with van der Waals surface area (Å²) in [6.45, 7) is 5.81. The number of piperidine rings is 1. The molecular formula is C11H22N2O3. The first-order valence-electron chi connectivity index (χ1n) is 5.96. The molecule has 5 heteroatoms. The van der Waals surface area contributed by atoms with E-state index in [2.05, 4.69) is 5.32 Å². The summed E-state index contributed by atoms with van der Waals surface area (Å²) in [7, 11) is 0. The molecule has 0 aliphatic carbocycles. The lowest BCUT2D eigenvalue weighted by Crippen LogP contribution is -2.48. The highest BCUT2D eigenvalue weighted by Gasteiger charge is 2.23. The van der Waals surface area contributed by atoms with Gasteiger partial charge in [-0.3, -0.25) is 0 Å². The fraction of sp³-hybridized carbons (Fsp3) is 0.909. The second-order valence-electron chi connectivity index (χ2n) is 4.21. The zero-order chi connectivity index (χ0) is 12.0. The zero-order valence-electron chi connectivity index (χ0n) is 10.1. The molecule has 0 aromatic heterocycles. The summed E-state index contributed by atoms with van der Waals surface area (Å²) >= 11 is 0. The molecule has 0 aromatic rings. The molecule has 1 amide bonds. The Morgan fingerprint density at radius 1 is 1.56 bits per heavy atom. The van der Waals surface area contributed by atoms with Gasteiger partial charge in [-0.2, -0.15) is 0 Å². The number of nitrogens with one attached hydrogen (secondary N) is 1. The second-order valence-corrected chi connectivity index (χ2v) is 4.21.